The highest BCUT2D eigenvalue weighted by Gasteiger charge is 2.20. The highest BCUT2D eigenvalue weighted by atomic mass is 16.5. The maximum atomic E-state index is 5.79. The largest absolute Gasteiger partial charge is 0.493 e. The lowest BCUT2D eigenvalue weighted by molar-refractivity contribution is 0.227. The van der Waals surface area contributed by atoms with Crippen molar-refractivity contribution in [3.8, 4) is 11.5 Å². The first-order chi connectivity index (χ1) is 8.70. The molecule has 18 heavy (non-hydrogen) atoms. The molecule has 0 saturated carbocycles. The van der Waals surface area contributed by atoms with Crippen molar-refractivity contribution in [2.75, 3.05) is 33.0 Å². The van der Waals surface area contributed by atoms with E-state index < -0.39 is 0 Å². The predicted molar refractivity (Wildman–Crippen MR) is 73.2 cm³/mol. The van der Waals surface area contributed by atoms with Crippen molar-refractivity contribution in [1.82, 2.24) is 4.90 Å². The van der Waals surface area contributed by atoms with Crippen LogP contribution in [-0.4, -0.2) is 38.3 Å². The van der Waals surface area contributed by atoms with E-state index in [0.29, 0.717) is 18.3 Å². The first-order valence-corrected chi connectivity index (χ1v) is 6.47. The fourth-order valence-electron chi connectivity index (χ4n) is 2.46. The molecule has 0 amide bonds. The number of hydrogen-bond acceptors (Lipinski definition) is 4. The van der Waals surface area contributed by atoms with Crippen LogP contribution in [0.3, 0.4) is 0 Å². The van der Waals surface area contributed by atoms with Crippen molar-refractivity contribution in [2.24, 2.45) is 0 Å². The summed E-state index contributed by atoms with van der Waals surface area (Å²) in [6.07, 6.45) is 3.62. The molecule has 100 valence electrons. The zero-order valence-electron chi connectivity index (χ0n) is 11.2. The van der Waals surface area contributed by atoms with E-state index in [-0.39, 0.29) is 0 Å². The quantitative estimate of drug-likeness (QED) is 0.813. The van der Waals surface area contributed by atoms with Gasteiger partial charge in [-0.25, -0.2) is 0 Å². The number of likely N-dealkylation sites (tertiary alicyclic amines) is 1. The average molecular weight is 250 g/mol. The second-order valence-electron chi connectivity index (χ2n) is 4.82. The van der Waals surface area contributed by atoms with E-state index in [0.717, 1.165) is 17.9 Å². The standard InChI is InChI=1S/C14H22N2O2/c1-16-8-3-4-12(16)7-9-18-14-10-11(15)5-6-13(14)17-2/h5-6,10,12H,3-4,7-9,15H2,1-2H3. The number of nitrogens with zero attached hydrogens (tertiary/aromatic N) is 1. The van der Waals surface area contributed by atoms with Gasteiger partial charge in [0, 0.05) is 17.8 Å². The van der Waals surface area contributed by atoms with Crippen LogP contribution in [0.2, 0.25) is 0 Å². The second kappa shape index (κ2) is 5.96. The van der Waals surface area contributed by atoms with Gasteiger partial charge in [0.15, 0.2) is 11.5 Å². The molecule has 4 heteroatoms. The monoisotopic (exact) mass is 250 g/mol. The van der Waals surface area contributed by atoms with Crippen LogP contribution in [-0.2, 0) is 0 Å². The summed E-state index contributed by atoms with van der Waals surface area (Å²) in [7, 11) is 3.82. The molecule has 1 aliphatic rings. The molecule has 1 fully saturated rings. The van der Waals surface area contributed by atoms with Crippen molar-refractivity contribution in [2.45, 2.75) is 25.3 Å². The Balaban J connectivity index is 1.87. The van der Waals surface area contributed by atoms with E-state index in [1.54, 1.807) is 7.11 Å². The lowest BCUT2D eigenvalue weighted by atomic mass is 10.1. The third kappa shape index (κ3) is 3.07. The Labute approximate surface area is 109 Å². The van der Waals surface area contributed by atoms with E-state index in [2.05, 4.69) is 11.9 Å². The molecule has 1 atom stereocenters. The summed E-state index contributed by atoms with van der Waals surface area (Å²) < 4.78 is 11.0. The number of rotatable bonds is 5. The van der Waals surface area contributed by atoms with E-state index >= 15 is 0 Å². The summed E-state index contributed by atoms with van der Waals surface area (Å²) in [4.78, 5) is 2.40. The third-order valence-corrected chi connectivity index (χ3v) is 3.57. The Morgan fingerprint density at radius 1 is 1.39 bits per heavy atom. The zero-order chi connectivity index (χ0) is 13.0. The summed E-state index contributed by atoms with van der Waals surface area (Å²) in [5.41, 5.74) is 6.45. The normalized spacial score (nSPS) is 20.0. The first-order valence-electron chi connectivity index (χ1n) is 6.47. The third-order valence-electron chi connectivity index (χ3n) is 3.57. The van der Waals surface area contributed by atoms with Crippen molar-refractivity contribution in [3.63, 3.8) is 0 Å². The summed E-state index contributed by atoms with van der Waals surface area (Å²) in [5.74, 6) is 1.47. The van der Waals surface area contributed by atoms with Gasteiger partial charge in [-0.15, -0.1) is 0 Å². The Hall–Kier alpha value is -1.42. The van der Waals surface area contributed by atoms with Crippen LogP contribution in [0.15, 0.2) is 18.2 Å². The molecule has 2 N–H and O–H groups in total. The number of nitrogens with two attached hydrogens (primary N) is 1. The van der Waals surface area contributed by atoms with Crippen molar-refractivity contribution >= 4 is 5.69 Å². The molecule has 0 radical (unpaired) electrons. The van der Waals surface area contributed by atoms with Crippen LogP contribution < -0.4 is 15.2 Å². The van der Waals surface area contributed by atoms with Gasteiger partial charge in [-0.05, 0) is 45.0 Å². The van der Waals surface area contributed by atoms with E-state index in [4.69, 9.17) is 15.2 Å². The van der Waals surface area contributed by atoms with Crippen molar-refractivity contribution in [1.29, 1.82) is 0 Å². The zero-order valence-corrected chi connectivity index (χ0v) is 11.2. The van der Waals surface area contributed by atoms with Gasteiger partial charge in [0.05, 0.1) is 13.7 Å². The number of methoxy groups -OCH3 is 1. The van der Waals surface area contributed by atoms with E-state index in [9.17, 15) is 0 Å². The SMILES string of the molecule is COc1ccc(N)cc1OCCC1CCCN1C. The van der Waals surface area contributed by atoms with Crippen LogP contribution in [0.1, 0.15) is 19.3 Å². The Bertz CT molecular complexity index is 395. The van der Waals surface area contributed by atoms with Crippen molar-refractivity contribution in [3.05, 3.63) is 18.2 Å². The smallest absolute Gasteiger partial charge is 0.163 e. The first kappa shape index (κ1) is 13.0. The summed E-state index contributed by atoms with van der Waals surface area (Å²) in [5, 5.41) is 0. The minimum Gasteiger partial charge on any atom is -0.493 e. The van der Waals surface area contributed by atoms with E-state index in [1.807, 2.05) is 18.2 Å². The van der Waals surface area contributed by atoms with E-state index in [1.165, 1.54) is 19.4 Å². The van der Waals surface area contributed by atoms with Crippen LogP contribution in [0.4, 0.5) is 5.69 Å². The Kier molecular flexibility index (Phi) is 4.31. The van der Waals surface area contributed by atoms with Gasteiger partial charge in [-0.1, -0.05) is 0 Å². The minimum atomic E-state index is 0.650. The lowest BCUT2D eigenvalue weighted by Gasteiger charge is -2.19. The van der Waals surface area contributed by atoms with Crippen LogP contribution >= 0.6 is 0 Å². The molecule has 0 aliphatic carbocycles. The molecule has 1 aromatic carbocycles. The summed E-state index contributed by atoms with van der Waals surface area (Å²) in [6.45, 7) is 1.90. The van der Waals surface area contributed by atoms with Gasteiger partial charge in [0.2, 0.25) is 0 Å². The molecule has 0 spiro atoms. The molecule has 1 unspecified atom stereocenters. The highest BCUT2D eigenvalue weighted by molar-refractivity contribution is 5.51. The number of benzene rings is 1. The number of hydrogen-bond donors (Lipinski definition) is 1. The van der Waals surface area contributed by atoms with Gasteiger partial charge >= 0.3 is 0 Å². The summed E-state index contributed by atoms with van der Waals surface area (Å²) in [6, 6.07) is 6.12. The number of ether oxygens (including phenoxy) is 2. The molecule has 1 aliphatic heterocycles. The number of nitrogen functional groups attached to an aromatic ring is 1. The van der Waals surface area contributed by atoms with Crippen molar-refractivity contribution < 1.29 is 9.47 Å². The molecule has 4 nitrogen and oxygen atoms in total. The number of anilines is 1. The molecule has 0 bridgehead atoms. The molecule has 1 saturated heterocycles. The molecule has 1 heterocycles. The fourth-order valence-corrected chi connectivity index (χ4v) is 2.46. The lowest BCUT2D eigenvalue weighted by Crippen LogP contribution is -2.26. The summed E-state index contributed by atoms with van der Waals surface area (Å²) >= 11 is 0. The molecule has 0 aromatic heterocycles. The van der Waals surface area contributed by atoms with Gasteiger partial charge in [-0.3, -0.25) is 0 Å². The van der Waals surface area contributed by atoms with Crippen LogP contribution in [0.25, 0.3) is 0 Å². The molecule has 2 rings (SSSR count). The predicted octanol–water partition coefficient (Wildman–Crippen LogP) is 2.14. The maximum absolute atomic E-state index is 5.79. The molecular formula is C14H22N2O2. The van der Waals surface area contributed by atoms with Gasteiger partial charge in [0.1, 0.15) is 0 Å². The Morgan fingerprint density at radius 2 is 2.22 bits per heavy atom. The van der Waals surface area contributed by atoms with Gasteiger partial charge < -0.3 is 20.1 Å². The highest BCUT2D eigenvalue weighted by Crippen LogP contribution is 2.29. The molecule has 1 aromatic rings. The maximum Gasteiger partial charge on any atom is 0.163 e. The fraction of sp³-hybridized carbons (Fsp3) is 0.571. The van der Waals surface area contributed by atoms with Gasteiger partial charge in [-0.2, -0.15) is 0 Å². The second-order valence-corrected chi connectivity index (χ2v) is 4.82. The van der Waals surface area contributed by atoms with Crippen LogP contribution in [0, 0.1) is 0 Å². The Morgan fingerprint density at radius 3 is 2.89 bits per heavy atom. The molecular weight excluding hydrogens is 228 g/mol. The van der Waals surface area contributed by atoms with Gasteiger partial charge in [0.25, 0.3) is 0 Å². The topological polar surface area (TPSA) is 47.7 Å². The van der Waals surface area contributed by atoms with Crippen LogP contribution in [0.5, 0.6) is 11.5 Å². The average Bonchev–Trinajstić information content (AvgIpc) is 2.76. The minimum absolute atomic E-state index is 0.650.